The minimum absolute atomic E-state index is 0.0823. The minimum atomic E-state index is -0.439. The Hall–Kier alpha value is -3.20. The van der Waals surface area contributed by atoms with E-state index in [0.29, 0.717) is 43.7 Å². The average Bonchev–Trinajstić information content (AvgIpc) is 2.68. The van der Waals surface area contributed by atoms with Gasteiger partial charge in [0.1, 0.15) is 5.75 Å². The number of anilines is 1. The number of hydrazone groups is 1. The van der Waals surface area contributed by atoms with Gasteiger partial charge in [0.25, 0.3) is 5.91 Å². The highest BCUT2D eigenvalue weighted by Gasteiger charge is 2.15. The summed E-state index contributed by atoms with van der Waals surface area (Å²) in [6, 6.07) is 8.35. The van der Waals surface area contributed by atoms with Crippen LogP contribution in [0.3, 0.4) is 0 Å². The molecule has 0 unspecified atom stereocenters. The summed E-state index contributed by atoms with van der Waals surface area (Å²) in [5, 5.41) is 13.4. The van der Waals surface area contributed by atoms with E-state index >= 15 is 0 Å². The summed E-state index contributed by atoms with van der Waals surface area (Å²) < 4.78 is 10.8. The maximum absolute atomic E-state index is 11.9. The number of aryl methyl sites for hydroxylation is 1. The van der Waals surface area contributed by atoms with E-state index in [0.717, 1.165) is 5.69 Å². The summed E-state index contributed by atoms with van der Waals surface area (Å²) in [5.41, 5.74) is 3.60. The molecular formula is C18H21N5O4. The molecule has 1 saturated heterocycles. The Morgan fingerprint density at radius 3 is 2.93 bits per heavy atom. The van der Waals surface area contributed by atoms with Crippen LogP contribution in [0.2, 0.25) is 0 Å². The molecule has 2 heterocycles. The highest BCUT2D eigenvalue weighted by molar-refractivity contribution is 5.85. The lowest BCUT2D eigenvalue weighted by Gasteiger charge is -2.27. The standard InChI is InChI=1S/C18H21N5O4/c1-13-10-17(21-18(20-13)23-6-8-26-9-7-23)27-12-16(25)22-19-11-14-4-2-3-5-15(14)24/h2-5,10-11,24H,6-9,12H2,1H3,(H,22,25)/b19-11+. The summed E-state index contributed by atoms with van der Waals surface area (Å²) in [6.07, 6.45) is 1.36. The molecule has 0 bridgehead atoms. The topological polar surface area (TPSA) is 109 Å². The molecule has 9 nitrogen and oxygen atoms in total. The number of phenolic OH excluding ortho intramolecular Hbond substituents is 1. The Balaban J connectivity index is 1.54. The first-order valence-electron chi connectivity index (χ1n) is 8.53. The second-order valence-corrected chi connectivity index (χ2v) is 5.89. The number of phenols is 1. The van der Waals surface area contributed by atoms with E-state index in [1.54, 1.807) is 24.3 Å². The molecule has 9 heteroatoms. The fraction of sp³-hybridized carbons (Fsp3) is 0.333. The molecule has 1 amide bonds. The lowest BCUT2D eigenvalue weighted by atomic mass is 10.2. The number of rotatable bonds is 6. The van der Waals surface area contributed by atoms with Gasteiger partial charge in [0.15, 0.2) is 6.61 Å². The number of hydrogen-bond donors (Lipinski definition) is 2. The largest absolute Gasteiger partial charge is 0.507 e. The number of nitrogens with one attached hydrogen (secondary N) is 1. The van der Waals surface area contributed by atoms with Crippen LogP contribution >= 0.6 is 0 Å². The van der Waals surface area contributed by atoms with Gasteiger partial charge in [-0.3, -0.25) is 4.79 Å². The number of amides is 1. The smallest absolute Gasteiger partial charge is 0.278 e. The van der Waals surface area contributed by atoms with Crippen molar-refractivity contribution in [1.82, 2.24) is 15.4 Å². The van der Waals surface area contributed by atoms with Gasteiger partial charge in [0, 0.05) is 30.4 Å². The van der Waals surface area contributed by atoms with Crippen LogP contribution in [0.25, 0.3) is 0 Å². The Morgan fingerprint density at radius 1 is 1.37 bits per heavy atom. The summed E-state index contributed by atoms with van der Waals surface area (Å²) in [5.74, 6) is 0.528. The van der Waals surface area contributed by atoms with Gasteiger partial charge >= 0.3 is 0 Å². The zero-order valence-corrected chi connectivity index (χ0v) is 15.0. The van der Waals surface area contributed by atoms with Crippen molar-refractivity contribution in [3.05, 3.63) is 41.6 Å². The monoisotopic (exact) mass is 371 g/mol. The van der Waals surface area contributed by atoms with Crippen LogP contribution in [0.4, 0.5) is 5.95 Å². The van der Waals surface area contributed by atoms with E-state index in [4.69, 9.17) is 9.47 Å². The molecule has 1 aromatic carbocycles. The fourth-order valence-corrected chi connectivity index (χ4v) is 2.45. The number of nitrogens with zero attached hydrogens (tertiary/aromatic N) is 4. The summed E-state index contributed by atoms with van der Waals surface area (Å²) in [7, 11) is 0. The first kappa shape index (κ1) is 18.6. The molecule has 1 fully saturated rings. The van der Waals surface area contributed by atoms with Gasteiger partial charge in [-0.2, -0.15) is 10.1 Å². The van der Waals surface area contributed by atoms with Crippen molar-refractivity contribution < 1.29 is 19.4 Å². The Bertz CT molecular complexity index is 821. The summed E-state index contributed by atoms with van der Waals surface area (Å²) in [6.45, 7) is 4.29. The van der Waals surface area contributed by atoms with Gasteiger partial charge in [-0.1, -0.05) is 12.1 Å². The summed E-state index contributed by atoms with van der Waals surface area (Å²) >= 11 is 0. The summed E-state index contributed by atoms with van der Waals surface area (Å²) in [4.78, 5) is 22.7. The molecule has 0 spiro atoms. The maximum atomic E-state index is 11.9. The average molecular weight is 371 g/mol. The number of hydrogen-bond acceptors (Lipinski definition) is 8. The molecule has 0 aliphatic carbocycles. The zero-order valence-electron chi connectivity index (χ0n) is 15.0. The van der Waals surface area contributed by atoms with E-state index in [2.05, 4.69) is 20.5 Å². The van der Waals surface area contributed by atoms with E-state index in [1.165, 1.54) is 12.3 Å². The molecule has 1 aliphatic heterocycles. The molecule has 0 saturated carbocycles. The number of aromatic hydroxyl groups is 1. The van der Waals surface area contributed by atoms with Gasteiger partial charge in [0.2, 0.25) is 11.8 Å². The molecule has 27 heavy (non-hydrogen) atoms. The number of carbonyl (C=O) groups is 1. The molecular weight excluding hydrogens is 350 g/mol. The molecule has 1 aromatic heterocycles. The van der Waals surface area contributed by atoms with Gasteiger partial charge in [-0.15, -0.1) is 0 Å². The molecule has 3 rings (SSSR count). The zero-order chi connectivity index (χ0) is 19.1. The van der Waals surface area contributed by atoms with Gasteiger partial charge in [-0.25, -0.2) is 10.4 Å². The predicted octanol–water partition coefficient (Wildman–Crippen LogP) is 0.856. The van der Waals surface area contributed by atoms with E-state index in [-0.39, 0.29) is 12.4 Å². The van der Waals surface area contributed by atoms with Gasteiger partial charge < -0.3 is 19.5 Å². The second kappa shape index (κ2) is 8.95. The molecule has 2 N–H and O–H groups in total. The highest BCUT2D eigenvalue weighted by Crippen LogP contribution is 2.16. The third-order valence-electron chi connectivity index (χ3n) is 3.79. The Morgan fingerprint density at radius 2 is 2.15 bits per heavy atom. The molecule has 0 atom stereocenters. The van der Waals surface area contributed by atoms with Crippen molar-refractivity contribution >= 4 is 18.1 Å². The van der Waals surface area contributed by atoms with Crippen LogP contribution in [0.1, 0.15) is 11.3 Å². The van der Waals surface area contributed by atoms with Crippen LogP contribution in [0.5, 0.6) is 11.6 Å². The Labute approximate surface area is 156 Å². The first-order chi connectivity index (χ1) is 13.1. The van der Waals surface area contributed by atoms with Crippen molar-refractivity contribution in [2.75, 3.05) is 37.8 Å². The van der Waals surface area contributed by atoms with Crippen LogP contribution in [0, 0.1) is 6.92 Å². The van der Waals surface area contributed by atoms with E-state index < -0.39 is 5.91 Å². The SMILES string of the molecule is Cc1cc(OCC(=O)N/N=C/c2ccccc2O)nc(N2CCOCC2)n1. The number of benzene rings is 1. The van der Waals surface area contributed by atoms with Crippen molar-refractivity contribution in [2.45, 2.75) is 6.92 Å². The van der Waals surface area contributed by atoms with Crippen LogP contribution in [-0.2, 0) is 9.53 Å². The minimum Gasteiger partial charge on any atom is -0.507 e. The second-order valence-electron chi connectivity index (χ2n) is 5.89. The van der Waals surface area contributed by atoms with Gasteiger partial charge in [-0.05, 0) is 19.1 Å². The lowest BCUT2D eigenvalue weighted by Crippen LogP contribution is -2.37. The lowest BCUT2D eigenvalue weighted by molar-refractivity contribution is -0.123. The normalized spacial score (nSPS) is 14.3. The van der Waals surface area contributed by atoms with Crippen molar-refractivity contribution in [3.63, 3.8) is 0 Å². The van der Waals surface area contributed by atoms with Crippen LogP contribution in [-0.4, -0.2) is 60.1 Å². The van der Waals surface area contributed by atoms with Crippen molar-refractivity contribution in [2.24, 2.45) is 5.10 Å². The molecule has 2 aromatic rings. The quantitative estimate of drug-likeness (QED) is 0.572. The molecule has 0 radical (unpaired) electrons. The molecule has 142 valence electrons. The number of aromatic nitrogens is 2. The van der Waals surface area contributed by atoms with Crippen LogP contribution in [0.15, 0.2) is 35.4 Å². The van der Waals surface area contributed by atoms with Crippen molar-refractivity contribution in [3.8, 4) is 11.6 Å². The number of ether oxygens (including phenoxy) is 2. The van der Waals surface area contributed by atoms with Gasteiger partial charge in [0.05, 0.1) is 19.4 Å². The van der Waals surface area contributed by atoms with E-state index in [1.807, 2.05) is 11.8 Å². The third-order valence-corrected chi connectivity index (χ3v) is 3.79. The third kappa shape index (κ3) is 5.38. The number of carbonyl (C=O) groups excluding carboxylic acids is 1. The number of para-hydroxylation sites is 1. The molecule has 1 aliphatic rings. The number of morpholine rings is 1. The van der Waals surface area contributed by atoms with Crippen LogP contribution < -0.4 is 15.1 Å². The maximum Gasteiger partial charge on any atom is 0.278 e. The highest BCUT2D eigenvalue weighted by atomic mass is 16.5. The Kier molecular flexibility index (Phi) is 6.16. The fourth-order valence-electron chi connectivity index (χ4n) is 2.45. The predicted molar refractivity (Wildman–Crippen MR) is 99.1 cm³/mol. The van der Waals surface area contributed by atoms with E-state index in [9.17, 15) is 9.90 Å². The first-order valence-corrected chi connectivity index (χ1v) is 8.53. The van der Waals surface area contributed by atoms with Crippen molar-refractivity contribution in [1.29, 1.82) is 0 Å².